The predicted molar refractivity (Wildman–Crippen MR) is 93.8 cm³/mol. The van der Waals surface area contributed by atoms with Gasteiger partial charge in [0.15, 0.2) is 0 Å². The molecule has 24 heavy (non-hydrogen) atoms. The van der Waals surface area contributed by atoms with Gasteiger partial charge in [0, 0.05) is 19.0 Å². The van der Waals surface area contributed by atoms with Crippen molar-refractivity contribution < 1.29 is 9.90 Å². The molecule has 3 rings (SSSR count). The Labute approximate surface area is 143 Å². The number of aliphatic hydroxyl groups is 1. The Morgan fingerprint density at radius 3 is 1.83 bits per heavy atom. The van der Waals surface area contributed by atoms with Crippen LogP contribution in [0.5, 0.6) is 0 Å². The third-order valence-corrected chi connectivity index (χ3v) is 4.86. The van der Waals surface area contributed by atoms with Crippen molar-refractivity contribution in [1.29, 1.82) is 0 Å². The van der Waals surface area contributed by atoms with Crippen molar-refractivity contribution >= 4 is 5.91 Å². The van der Waals surface area contributed by atoms with E-state index in [-0.39, 0.29) is 17.9 Å². The topological polar surface area (TPSA) is 52.6 Å². The molecule has 2 aromatic rings. The molecule has 126 valence electrons. The zero-order chi connectivity index (χ0) is 17.2. The first-order valence-electron chi connectivity index (χ1n) is 8.33. The van der Waals surface area contributed by atoms with Crippen molar-refractivity contribution in [3.8, 4) is 0 Å². The van der Waals surface area contributed by atoms with Crippen molar-refractivity contribution in [3.63, 3.8) is 0 Å². The predicted octanol–water partition coefficient (Wildman–Crippen LogP) is 2.53. The van der Waals surface area contributed by atoms with Crippen LogP contribution >= 0.6 is 0 Å². The van der Waals surface area contributed by atoms with Gasteiger partial charge in [-0.05, 0) is 18.1 Å². The summed E-state index contributed by atoms with van der Waals surface area (Å²) in [5, 5.41) is 13.1. The fraction of sp³-hybridized carbons (Fsp3) is 0.350. The summed E-state index contributed by atoms with van der Waals surface area (Å²) < 4.78 is 0. The summed E-state index contributed by atoms with van der Waals surface area (Å²) in [4.78, 5) is 14.7. The van der Waals surface area contributed by atoms with Gasteiger partial charge in [-0.3, -0.25) is 9.69 Å². The molecular formula is C20H24N2O2. The van der Waals surface area contributed by atoms with Gasteiger partial charge < -0.3 is 10.4 Å². The molecule has 2 aromatic carbocycles. The maximum atomic E-state index is 12.5. The zero-order valence-corrected chi connectivity index (χ0v) is 14.1. The third-order valence-electron chi connectivity index (χ3n) is 4.86. The van der Waals surface area contributed by atoms with Gasteiger partial charge in [-0.25, -0.2) is 0 Å². The molecular weight excluding hydrogens is 300 g/mol. The van der Waals surface area contributed by atoms with Crippen molar-refractivity contribution in [2.45, 2.75) is 38.7 Å². The van der Waals surface area contributed by atoms with Crippen LogP contribution in [0.15, 0.2) is 60.7 Å². The Hall–Kier alpha value is -2.17. The summed E-state index contributed by atoms with van der Waals surface area (Å²) in [6, 6.07) is 19.9. The highest BCUT2D eigenvalue weighted by Gasteiger charge is 2.49. The summed E-state index contributed by atoms with van der Waals surface area (Å²) in [6.07, 6.45) is 0. The molecule has 1 unspecified atom stereocenters. The molecule has 0 saturated carbocycles. The number of carbonyl (C=O) groups excluding carboxylic acids is 1. The lowest BCUT2D eigenvalue weighted by atomic mass is 9.94. The van der Waals surface area contributed by atoms with Crippen LogP contribution in [0, 0.1) is 5.92 Å². The van der Waals surface area contributed by atoms with Crippen LogP contribution in [0.3, 0.4) is 0 Å². The first-order valence-corrected chi connectivity index (χ1v) is 8.33. The standard InChI is InChI=1S/C20H24N2O2/c1-15-18(19(23)21-20(15,2)24)22(13-16-9-5-3-6-10-16)14-17-11-7-4-8-12-17/h3-12,15,18,24H,13-14H2,1-2H3,(H,21,23)/t15-,18+,20?/m1/s1. The highest BCUT2D eigenvalue weighted by Crippen LogP contribution is 2.30. The summed E-state index contributed by atoms with van der Waals surface area (Å²) >= 11 is 0. The van der Waals surface area contributed by atoms with Gasteiger partial charge in [0.25, 0.3) is 0 Å². The SMILES string of the molecule is C[C@@H]1[C@H](N(Cc2ccccc2)Cc2ccccc2)C(=O)NC1(C)O. The number of hydrogen-bond acceptors (Lipinski definition) is 3. The molecule has 1 amide bonds. The van der Waals surface area contributed by atoms with Crippen molar-refractivity contribution in [1.82, 2.24) is 10.2 Å². The van der Waals surface area contributed by atoms with E-state index < -0.39 is 5.72 Å². The molecule has 0 aromatic heterocycles. The van der Waals surface area contributed by atoms with E-state index in [0.717, 1.165) is 11.1 Å². The van der Waals surface area contributed by atoms with Crippen LogP contribution in [0.4, 0.5) is 0 Å². The highest BCUT2D eigenvalue weighted by atomic mass is 16.3. The molecule has 4 heteroatoms. The lowest BCUT2D eigenvalue weighted by Gasteiger charge is -2.32. The van der Waals surface area contributed by atoms with Crippen LogP contribution in [-0.4, -0.2) is 27.7 Å². The van der Waals surface area contributed by atoms with Crippen molar-refractivity contribution in [2.75, 3.05) is 0 Å². The minimum absolute atomic E-state index is 0.112. The summed E-state index contributed by atoms with van der Waals surface area (Å²) in [5.74, 6) is -0.309. The molecule has 0 aliphatic carbocycles. The smallest absolute Gasteiger partial charge is 0.240 e. The van der Waals surface area contributed by atoms with Gasteiger partial charge in [-0.1, -0.05) is 67.6 Å². The normalized spacial score (nSPS) is 26.6. The molecule has 1 saturated heterocycles. The maximum absolute atomic E-state index is 12.5. The molecule has 4 nitrogen and oxygen atoms in total. The monoisotopic (exact) mass is 324 g/mol. The van der Waals surface area contributed by atoms with Crippen LogP contribution in [0.1, 0.15) is 25.0 Å². The van der Waals surface area contributed by atoms with Crippen LogP contribution < -0.4 is 5.32 Å². The number of rotatable bonds is 5. The Morgan fingerprint density at radius 2 is 1.46 bits per heavy atom. The Balaban J connectivity index is 1.88. The molecule has 1 heterocycles. The van der Waals surface area contributed by atoms with E-state index in [1.807, 2.05) is 43.3 Å². The van der Waals surface area contributed by atoms with E-state index in [9.17, 15) is 9.90 Å². The van der Waals surface area contributed by atoms with E-state index in [0.29, 0.717) is 13.1 Å². The molecule has 0 spiro atoms. The largest absolute Gasteiger partial charge is 0.371 e. The van der Waals surface area contributed by atoms with E-state index in [1.54, 1.807) is 6.92 Å². The zero-order valence-electron chi connectivity index (χ0n) is 14.1. The fourth-order valence-electron chi connectivity index (χ4n) is 3.34. The summed E-state index contributed by atoms with van der Waals surface area (Å²) in [5.41, 5.74) is 1.13. The maximum Gasteiger partial charge on any atom is 0.240 e. The Bertz CT molecular complexity index is 644. The summed E-state index contributed by atoms with van der Waals surface area (Å²) in [6.45, 7) is 4.91. The van der Waals surface area contributed by atoms with Crippen LogP contribution in [-0.2, 0) is 17.9 Å². The quantitative estimate of drug-likeness (QED) is 0.889. The van der Waals surface area contributed by atoms with Gasteiger partial charge in [0.1, 0.15) is 5.72 Å². The number of amides is 1. The average Bonchev–Trinajstić information content (AvgIpc) is 2.76. The number of hydrogen-bond donors (Lipinski definition) is 2. The molecule has 2 N–H and O–H groups in total. The van der Waals surface area contributed by atoms with Crippen LogP contribution in [0.25, 0.3) is 0 Å². The first kappa shape index (κ1) is 16.7. The minimum atomic E-state index is -1.17. The third kappa shape index (κ3) is 3.50. The van der Waals surface area contributed by atoms with E-state index in [1.165, 1.54) is 0 Å². The van der Waals surface area contributed by atoms with Gasteiger partial charge in [0.2, 0.25) is 5.91 Å². The van der Waals surface area contributed by atoms with E-state index >= 15 is 0 Å². The van der Waals surface area contributed by atoms with Gasteiger partial charge >= 0.3 is 0 Å². The molecule has 0 bridgehead atoms. The van der Waals surface area contributed by atoms with Crippen molar-refractivity contribution in [3.05, 3.63) is 71.8 Å². The van der Waals surface area contributed by atoms with E-state index in [2.05, 4.69) is 34.5 Å². The lowest BCUT2D eigenvalue weighted by Crippen LogP contribution is -2.44. The Morgan fingerprint density at radius 1 is 1.00 bits per heavy atom. The molecule has 0 radical (unpaired) electrons. The average molecular weight is 324 g/mol. The molecule has 3 atom stereocenters. The van der Waals surface area contributed by atoms with Gasteiger partial charge in [0.05, 0.1) is 6.04 Å². The number of nitrogens with one attached hydrogen (secondary N) is 1. The Kier molecular flexibility index (Phi) is 4.69. The van der Waals surface area contributed by atoms with Crippen LogP contribution in [0.2, 0.25) is 0 Å². The highest BCUT2D eigenvalue weighted by molar-refractivity contribution is 5.85. The molecule has 1 aliphatic rings. The second-order valence-corrected chi connectivity index (χ2v) is 6.75. The minimum Gasteiger partial charge on any atom is -0.371 e. The van der Waals surface area contributed by atoms with E-state index in [4.69, 9.17) is 0 Å². The number of nitrogens with zero attached hydrogens (tertiary/aromatic N) is 1. The lowest BCUT2D eigenvalue weighted by molar-refractivity contribution is -0.125. The second-order valence-electron chi connectivity index (χ2n) is 6.75. The summed E-state index contributed by atoms with van der Waals surface area (Å²) in [7, 11) is 0. The molecule has 1 fully saturated rings. The van der Waals surface area contributed by atoms with Crippen molar-refractivity contribution in [2.24, 2.45) is 5.92 Å². The molecule has 1 aliphatic heterocycles. The number of benzene rings is 2. The van der Waals surface area contributed by atoms with Gasteiger partial charge in [-0.2, -0.15) is 0 Å². The van der Waals surface area contributed by atoms with Gasteiger partial charge in [-0.15, -0.1) is 0 Å². The second kappa shape index (κ2) is 6.75. The number of carbonyl (C=O) groups is 1. The first-order chi connectivity index (χ1) is 11.5. The fourth-order valence-corrected chi connectivity index (χ4v) is 3.34.